The van der Waals surface area contributed by atoms with Gasteiger partial charge >= 0.3 is 0 Å². The molecular formula is C10H15N5O3. The summed E-state index contributed by atoms with van der Waals surface area (Å²) in [7, 11) is 0. The lowest BCUT2D eigenvalue weighted by atomic mass is 10.2. The molecule has 98 valence electrons. The van der Waals surface area contributed by atoms with Crippen molar-refractivity contribution in [2.45, 2.75) is 18.2 Å². The Kier molecular flexibility index (Phi) is 2.77. The van der Waals surface area contributed by atoms with E-state index >= 15 is 0 Å². The molecule has 8 heteroatoms. The molecule has 0 radical (unpaired) electrons. The van der Waals surface area contributed by atoms with Crippen molar-refractivity contribution < 1.29 is 15.0 Å². The first-order chi connectivity index (χ1) is 8.65. The van der Waals surface area contributed by atoms with Gasteiger partial charge in [-0.15, -0.1) is 5.10 Å². The average Bonchev–Trinajstić information content (AvgIpc) is 2.84. The molecule has 1 aromatic rings. The second-order valence-corrected chi connectivity index (χ2v) is 4.74. The van der Waals surface area contributed by atoms with E-state index in [1.165, 1.54) is 4.90 Å². The fourth-order valence-electron chi connectivity index (χ4n) is 2.11. The summed E-state index contributed by atoms with van der Waals surface area (Å²) in [6.07, 6.45) is -0.134. The molecular weight excluding hydrogens is 238 g/mol. The van der Waals surface area contributed by atoms with E-state index in [2.05, 4.69) is 15.6 Å². The van der Waals surface area contributed by atoms with Crippen LogP contribution in [-0.4, -0.2) is 74.4 Å². The van der Waals surface area contributed by atoms with E-state index in [9.17, 15) is 15.0 Å². The van der Waals surface area contributed by atoms with Crippen LogP contribution in [0.5, 0.6) is 0 Å². The Morgan fingerprint density at radius 2 is 2.00 bits per heavy atom. The number of hydrogen-bond donors (Lipinski definition) is 3. The van der Waals surface area contributed by atoms with Gasteiger partial charge in [-0.05, 0) is 0 Å². The van der Waals surface area contributed by atoms with Gasteiger partial charge in [0.15, 0.2) is 5.69 Å². The zero-order valence-electron chi connectivity index (χ0n) is 9.73. The van der Waals surface area contributed by atoms with Crippen molar-refractivity contribution in [2.24, 2.45) is 0 Å². The standard InChI is InChI=1S/C10H15N5O3/c16-8-4-14(5-9(8)17)10(18)7-3-15(13-12-7)6-1-11-2-6/h3,6,8-9,11,16-17H,1-2,4-5H2. The van der Waals surface area contributed by atoms with Gasteiger partial charge in [0, 0.05) is 26.2 Å². The summed E-state index contributed by atoms with van der Waals surface area (Å²) in [5.74, 6) is -0.302. The zero-order valence-corrected chi connectivity index (χ0v) is 9.73. The van der Waals surface area contributed by atoms with Crippen LogP contribution in [0.4, 0.5) is 0 Å². The van der Waals surface area contributed by atoms with Crippen molar-refractivity contribution in [3.63, 3.8) is 0 Å². The first-order valence-electron chi connectivity index (χ1n) is 5.93. The third-order valence-electron chi connectivity index (χ3n) is 3.41. The summed E-state index contributed by atoms with van der Waals surface area (Å²) in [6.45, 7) is 1.94. The molecule has 2 atom stereocenters. The topological polar surface area (TPSA) is 104 Å². The van der Waals surface area contributed by atoms with E-state index in [1.54, 1.807) is 10.9 Å². The van der Waals surface area contributed by atoms with E-state index in [4.69, 9.17) is 0 Å². The monoisotopic (exact) mass is 253 g/mol. The van der Waals surface area contributed by atoms with Crippen LogP contribution in [0.25, 0.3) is 0 Å². The predicted molar refractivity (Wildman–Crippen MR) is 59.8 cm³/mol. The van der Waals surface area contributed by atoms with Crippen LogP contribution in [0, 0.1) is 0 Å². The van der Waals surface area contributed by atoms with Gasteiger partial charge in [-0.3, -0.25) is 4.79 Å². The lowest BCUT2D eigenvalue weighted by molar-refractivity contribution is 0.0572. The molecule has 0 spiro atoms. The van der Waals surface area contributed by atoms with Gasteiger partial charge in [0.05, 0.1) is 24.4 Å². The molecule has 8 nitrogen and oxygen atoms in total. The third-order valence-corrected chi connectivity index (χ3v) is 3.41. The number of aliphatic hydroxyl groups is 2. The molecule has 1 aromatic heterocycles. The number of hydrogen-bond acceptors (Lipinski definition) is 6. The van der Waals surface area contributed by atoms with Crippen LogP contribution in [0.3, 0.4) is 0 Å². The van der Waals surface area contributed by atoms with Crippen LogP contribution in [0.15, 0.2) is 6.20 Å². The highest BCUT2D eigenvalue weighted by Gasteiger charge is 2.34. The number of nitrogens with one attached hydrogen (secondary N) is 1. The number of nitrogens with zero attached hydrogens (tertiary/aromatic N) is 4. The molecule has 0 aromatic carbocycles. The highest BCUT2D eigenvalue weighted by Crippen LogP contribution is 2.15. The number of β-amino-alcohol motifs (C(OH)–C–C–N with tert-alkyl or cyclic N) is 2. The van der Waals surface area contributed by atoms with E-state index in [0.29, 0.717) is 0 Å². The van der Waals surface area contributed by atoms with Gasteiger partial charge in [0.25, 0.3) is 5.91 Å². The van der Waals surface area contributed by atoms with E-state index in [0.717, 1.165) is 13.1 Å². The smallest absolute Gasteiger partial charge is 0.276 e. The second-order valence-electron chi connectivity index (χ2n) is 4.74. The predicted octanol–water partition coefficient (Wildman–Crippen LogP) is -2.40. The molecule has 0 bridgehead atoms. The van der Waals surface area contributed by atoms with Crippen molar-refractivity contribution in [3.8, 4) is 0 Å². The number of carbonyl (C=O) groups is 1. The van der Waals surface area contributed by atoms with E-state index < -0.39 is 12.2 Å². The Morgan fingerprint density at radius 1 is 1.33 bits per heavy atom. The van der Waals surface area contributed by atoms with Crippen molar-refractivity contribution >= 4 is 5.91 Å². The molecule has 2 aliphatic rings. The maximum absolute atomic E-state index is 12.1. The lowest BCUT2D eigenvalue weighted by Gasteiger charge is -2.26. The highest BCUT2D eigenvalue weighted by atomic mass is 16.3. The molecule has 2 fully saturated rings. The maximum atomic E-state index is 12.1. The molecule has 18 heavy (non-hydrogen) atoms. The number of aliphatic hydroxyl groups excluding tert-OH is 2. The molecule has 0 aliphatic carbocycles. The first kappa shape index (κ1) is 11.6. The van der Waals surface area contributed by atoms with Crippen LogP contribution in [-0.2, 0) is 0 Å². The fourth-order valence-corrected chi connectivity index (χ4v) is 2.11. The third kappa shape index (κ3) is 1.88. The Hall–Kier alpha value is -1.51. The highest BCUT2D eigenvalue weighted by molar-refractivity contribution is 5.92. The van der Waals surface area contributed by atoms with E-state index in [1.807, 2.05) is 0 Å². The molecule has 2 aliphatic heterocycles. The number of likely N-dealkylation sites (tertiary alicyclic amines) is 1. The molecule has 1 amide bonds. The normalized spacial score (nSPS) is 28.4. The summed E-state index contributed by atoms with van der Waals surface area (Å²) in [5.41, 5.74) is 0.253. The van der Waals surface area contributed by atoms with Gasteiger partial charge in [0.2, 0.25) is 0 Å². The summed E-state index contributed by atoms with van der Waals surface area (Å²) >= 11 is 0. The summed E-state index contributed by atoms with van der Waals surface area (Å²) in [4.78, 5) is 13.4. The number of amides is 1. The van der Waals surface area contributed by atoms with Crippen molar-refractivity contribution in [1.82, 2.24) is 25.2 Å². The molecule has 3 heterocycles. The Morgan fingerprint density at radius 3 is 2.56 bits per heavy atom. The van der Waals surface area contributed by atoms with Gasteiger partial charge in [-0.1, -0.05) is 5.21 Å². The Labute approximate surface area is 103 Å². The molecule has 3 N–H and O–H groups in total. The van der Waals surface area contributed by atoms with Gasteiger partial charge < -0.3 is 20.4 Å². The minimum absolute atomic E-state index is 0.137. The maximum Gasteiger partial charge on any atom is 0.276 e. The fraction of sp³-hybridized carbons (Fsp3) is 0.700. The second kappa shape index (κ2) is 4.30. The Balaban J connectivity index is 1.70. The van der Waals surface area contributed by atoms with Crippen LogP contribution in [0.2, 0.25) is 0 Å². The molecule has 0 saturated carbocycles. The van der Waals surface area contributed by atoms with Crippen molar-refractivity contribution in [3.05, 3.63) is 11.9 Å². The molecule has 2 unspecified atom stereocenters. The SMILES string of the molecule is O=C(c1cn(C2CNC2)nn1)N1CC(O)C(O)C1. The van der Waals surface area contributed by atoms with Crippen LogP contribution >= 0.6 is 0 Å². The van der Waals surface area contributed by atoms with Crippen LogP contribution in [0.1, 0.15) is 16.5 Å². The van der Waals surface area contributed by atoms with Crippen LogP contribution < -0.4 is 5.32 Å². The first-order valence-corrected chi connectivity index (χ1v) is 5.93. The average molecular weight is 253 g/mol. The molecule has 3 rings (SSSR count). The zero-order chi connectivity index (χ0) is 12.7. The quantitative estimate of drug-likeness (QED) is 0.543. The van der Waals surface area contributed by atoms with Crippen molar-refractivity contribution in [1.29, 1.82) is 0 Å². The van der Waals surface area contributed by atoms with E-state index in [-0.39, 0.29) is 30.7 Å². The lowest BCUT2D eigenvalue weighted by Crippen LogP contribution is -2.43. The summed E-state index contributed by atoms with van der Waals surface area (Å²) in [5, 5.41) is 29.7. The summed E-state index contributed by atoms with van der Waals surface area (Å²) in [6, 6.07) is 0.258. The number of rotatable bonds is 2. The Bertz CT molecular complexity index is 448. The minimum atomic E-state index is -0.875. The number of aromatic nitrogens is 3. The summed E-state index contributed by atoms with van der Waals surface area (Å²) < 4.78 is 1.67. The molecule has 2 saturated heterocycles. The number of carbonyl (C=O) groups excluding carboxylic acids is 1. The van der Waals surface area contributed by atoms with Crippen molar-refractivity contribution in [2.75, 3.05) is 26.2 Å². The van der Waals surface area contributed by atoms with Gasteiger partial charge in [0.1, 0.15) is 0 Å². The van der Waals surface area contributed by atoms with Gasteiger partial charge in [-0.2, -0.15) is 0 Å². The minimum Gasteiger partial charge on any atom is -0.388 e. The largest absolute Gasteiger partial charge is 0.388 e. The van der Waals surface area contributed by atoms with Gasteiger partial charge in [-0.25, -0.2) is 4.68 Å².